The van der Waals surface area contributed by atoms with Crippen LogP contribution in [0.4, 0.5) is 0 Å². The van der Waals surface area contributed by atoms with Crippen molar-refractivity contribution in [3.63, 3.8) is 0 Å². The van der Waals surface area contributed by atoms with Crippen molar-refractivity contribution < 1.29 is 4.79 Å². The summed E-state index contributed by atoms with van der Waals surface area (Å²) in [4.78, 5) is 16.9. The van der Waals surface area contributed by atoms with Crippen molar-refractivity contribution in [1.82, 2.24) is 9.80 Å². The highest BCUT2D eigenvalue weighted by Gasteiger charge is 2.25. The highest BCUT2D eigenvalue weighted by atomic mass is 35.5. The van der Waals surface area contributed by atoms with Gasteiger partial charge >= 0.3 is 0 Å². The van der Waals surface area contributed by atoms with Gasteiger partial charge in [-0.05, 0) is 36.2 Å². The summed E-state index contributed by atoms with van der Waals surface area (Å²) in [5.74, 6) is -0.0899. The first-order valence-electron chi connectivity index (χ1n) is 8.24. The monoisotopic (exact) mass is 432 g/mol. The van der Waals surface area contributed by atoms with Gasteiger partial charge < -0.3 is 4.90 Å². The standard InChI is InChI=1S/C19H19Cl3N2O.ClH/c20-15-6-4-14(5-7-15)8-9-23-10-12-24(13-11-23)19(25)18-16(21)2-1-3-17(18)22;/h1-7H,8-13H2;1H. The quantitative estimate of drug-likeness (QED) is 0.671. The summed E-state index contributed by atoms with van der Waals surface area (Å²) in [7, 11) is 0. The number of carbonyl (C=O) groups is 1. The van der Waals surface area contributed by atoms with Gasteiger partial charge in [-0.3, -0.25) is 9.69 Å². The molecule has 0 aromatic heterocycles. The maximum atomic E-state index is 12.7. The molecule has 1 fully saturated rings. The normalized spacial score (nSPS) is 14.8. The molecule has 0 aliphatic carbocycles. The van der Waals surface area contributed by atoms with Gasteiger partial charge in [0.1, 0.15) is 0 Å². The van der Waals surface area contributed by atoms with Gasteiger partial charge in [-0.25, -0.2) is 0 Å². The predicted octanol–water partition coefficient (Wildman–Crippen LogP) is 5.07. The Bertz CT molecular complexity index is 723. The SMILES string of the molecule is Cl.O=C(c1c(Cl)cccc1Cl)N1CCN(CCc2ccc(Cl)cc2)CC1. The zero-order valence-electron chi connectivity index (χ0n) is 14.1. The van der Waals surface area contributed by atoms with Gasteiger partial charge in [0.05, 0.1) is 15.6 Å². The lowest BCUT2D eigenvalue weighted by atomic mass is 10.1. The number of nitrogens with zero attached hydrogens (tertiary/aromatic N) is 2. The molecule has 3 rings (SSSR count). The molecule has 7 heteroatoms. The molecule has 0 radical (unpaired) electrons. The van der Waals surface area contributed by atoms with Crippen LogP contribution in [0.3, 0.4) is 0 Å². The fourth-order valence-corrected chi connectivity index (χ4v) is 3.66. The number of carbonyl (C=O) groups excluding carboxylic acids is 1. The van der Waals surface area contributed by atoms with Crippen molar-refractivity contribution in [2.24, 2.45) is 0 Å². The fraction of sp³-hybridized carbons (Fsp3) is 0.316. The summed E-state index contributed by atoms with van der Waals surface area (Å²) in [5, 5.41) is 1.57. The third-order valence-corrected chi connectivity index (χ3v) is 5.35. The number of piperazine rings is 1. The fourth-order valence-electron chi connectivity index (χ4n) is 2.97. The molecule has 0 unspecified atom stereocenters. The average molecular weight is 434 g/mol. The lowest BCUT2D eigenvalue weighted by molar-refractivity contribution is 0.0639. The van der Waals surface area contributed by atoms with E-state index in [0.717, 1.165) is 31.1 Å². The van der Waals surface area contributed by atoms with Gasteiger partial charge in [0, 0.05) is 37.7 Å². The molecule has 0 bridgehead atoms. The Kier molecular flexibility index (Phi) is 8.05. The third-order valence-electron chi connectivity index (χ3n) is 4.47. The zero-order valence-corrected chi connectivity index (χ0v) is 17.2. The third kappa shape index (κ3) is 5.28. The van der Waals surface area contributed by atoms with E-state index in [2.05, 4.69) is 17.0 Å². The van der Waals surface area contributed by atoms with Crippen molar-refractivity contribution in [1.29, 1.82) is 0 Å². The minimum Gasteiger partial charge on any atom is -0.336 e. The van der Waals surface area contributed by atoms with Crippen molar-refractivity contribution in [2.75, 3.05) is 32.7 Å². The van der Waals surface area contributed by atoms with E-state index in [1.54, 1.807) is 18.2 Å². The maximum Gasteiger partial charge on any atom is 0.256 e. The molecule has 0 spiro atoms. The van der Waals surface area contributed by atoms with E-state index < -0.39 is 0 Å². The van der Waals surface area contributed by atoms with Gasteiger partial charge in [-0.15, -0.1) is 12.4 Å². The van der Waals surface area contributed by atoms with Crippen molar-refractivity contribution in [2.45, 2.75) is 6.42 Å². The highest BCUT2D eigenvalue weighted by molar-refractivity contribution is 6.39. The summed E-state index contributed by atoms with van der Waals surface area (Å²) < 4.78 is 0. The number of amides is 1. The molecule has 2 aromatic carbocycles. The van der Waals surface area contributed by atoms with Crippen LogP contribution in [0.25, 0.3) is 0 Å². The van der Waals surface area contributed by atoms with Crippen molar-refractivity contribution in [3.8, 4) is 0 Å². The van der Waals surface area contributed by atoms with Crippen molar-refractivity contribution in [3.05, 3.63) is 68.7 Å². The molecule has 0 atom stereocenters. The lowest BCUT2D eigenvalue weighted by Crippen LogP contribution is -2.49. The largest absolute Gasteiger partial charge is 0.336 e. The van der Waals surface area contributed by atoms with Crippen LogP contribution in [-0.4, -0.2) is 48.4 Å². The highest BCUT2D eigenvalue weighted by Crippen LogP contribution is 2.26. The van der Waals surface area contributed by atoms with E-state index in [1.807, 2.05) is 17.0 Å². The van der Waals surface area contributed by atoms with Crippen LogP contribution in [-0.2, 0) is 6.42 Å². The molecule has 2 aromatic rings. The first-order valence-corrected chi connectivity index (χ1v) is 9.38. The topological polar surface area (TPSA) is 23.6 Å². The summed E-state index contributed by atoms with van der Waals surface area (Å²) >= 11 is 18.2. The molecular weight excluding hydrogens is 414 g/mol. The van der Waals surface area contributed by atoms with Gasteiger partial charge in [0.15, 0.2) is 0 Å². The van der Waals surface area contributed by atoms with E-state index in [4.69, 9.17) is 34.8 Å². The van der Waals surface area contributed by atoms with Crippen LogP contribution in [0.5, 0.6) is 0 Å². The van der Waals surface area contributed by atoms with Crippen LogP contribution in [0.1, 0.15) is 15.9 Å². The molecule has 140 valence electrons. The van der Waals surface area contributed by atoms with Crippen LogP contribution in [0.2, 0.25) is 15.1 Å². The Morgan fingerprint density at radius 2 is 1.46 bits per heavy atom. The minimum absolute atomic E-state index is 0. The number of hydrogen-bond donors (Lipinski definition) is 0. The molecule has 0 saturated carbocycles. The zero-order chi connectivity index (χ0) is 17.8. The second-order valence-corrected chi connectivity index (χ2v) is 7.36. The molecule has 1 heterocycles. The summed E-state index contributed by atoms with van der Waals surface area (Å²) in [5.41, 5.74) is 1.67. The smallest absolute Gasteiger partial charge is 0.256 e. The number of benzene rings is 2. The Hall–Kier alpha value is -0.970. The van der Waals surface area contributed by atoms with Gasteiger partial charge in [0.25, 0.3) is 5.91 Å². The van der Waals surface area contributed by atoms with Crippen LogP contribution in [0, 0.1) is 0 Å². The predicted molar refractivity (Wildman–Crippen MR) is 111 cm³/mol. The average Bonchev–Trinajstić information content (AvgIpc) is 2.61. The van der Waals surface area contributed by atoms with E-state index in [9.17, 15) is 4.79 Å². The first kappa shape index (κ1) is 21.3. The first-order chi connectivity index (χ1) is 12.0. The molecule has 1 saturated heterocycles. The number of rotatable bonds is 4. The Labute approximate surface area is 175 Å². The Morgan fingerprint density at radius 1 is 0.885 bits per heavy atom. The van der Waals surface area contributed by atoms with E-state index in [0.29, 0.717) is 28.7 Å². The van der Waals surface area contributed by atoms with Gasteiger partial charge in [-0.2, -0.15) is 0 Å². The van der Waals surface area contributed by atoms with E-state index >= 15 is 0 Å². The maximum absolute atomic E-state index is 12.7. The van der Waals surface area contributed by atoms with Crippen LogP contribution in [0.15, 0.2) is 42.5 Å². The Morgan fingerprint density at radius 3 is 2.04 bits per heavy atom. The Balaban J connectivity index is 0.00000243. The summed E-state index contributed by atoms with van der Waals surface area (Å²) in [6.45, 7) is 4.03. The lowest BCUT2D eigenvalue weighted by Gasteiger charge is -2.35. The van der Waals surface area contributed by atoms with Crippen LogP contribution >= 0.6 is 47.2 Å². The molecule has 0 N–H and O–H groups in total. The van der Waals surface area contributed by atoms with E-state index in [-0.39, 0.29) is 18.3 Å². The molecule has 1 amide bonds. The second-order valence-electron chi connectivity index (χ2n) is 6.11. The molecule has 26 heavy (non-hydrogen) atoms. The molecular formula is C19H20Cl4N2O. The van der Waals surface area contributed by atoms with Crippen LogP contribution < -0.4 is 0 Å². The van der Waals surface area contributed by atoms with E-state index in [1.165, 1.54) is 5.56 Å². The second kappa shape index (κ2) is 9.82. The summed E-state index contributed by atoms with van der Waals surface area (Å²) in [6.07, 6.45) is 0.974. The van der Waals surface area contributed by atoms with Gasteiger partial charge in [0.2, 0.25) is 0 Å². The van der Waals surface area contributed by atoms with Gasteiger partial charge in [-0.1, -0.05) is 53.0 Å². The number of hydrogen-bond acceptors (Lipinski definition) is 2. The number of halogens is 4. The molecule has 3 nitrogen and oxygen atoms in total. The minimum atomic E-state index is -0.0899. The molecule has 1 aliphatic rings. The molecule has 1 aliphatic heterocycles. The summed E-state index contributed by atoms with van der Waals surface area (Å²) in [6, 6.07) is 13.1. The van der Waals surface area contributed by atoms with Crippen molar-refractivity contribution >= 4 is 53.1 Å².